The van der Waals surface area contributed by atoms with Crippen molar-refractivity contribution < 1.29 is 0 Å². The summed E-state index contributed by atoms with van der Waals surface area (Å²) in [6, 6.07) is 18.0. The van der Waals surface area contributed by atoms with Gasteiger partial charge in [-0.15, -0.1) is 6.42 Å². The van der Waals surface area contributed by atoms with Gasteiger partial charge in [0, 0.05) is 17.3 Å². The van der Waals surface area contributed by atoms with Crippen molar-refractivity contribution in [3.8, 4) is 12.3 Å². The summed E-state index contributed by atoms with van der Waals surface area (Å²) in [5.41, 5.74) is 2.32. The van der Waals surface area contributed by atoms with Gasteiger partial charge in [-0.1, -0.05) is 47.9 Å². The van der Waals surface area contributed by atoms with Crippen molar-refractivity contribution >= 4 is 17.3 Å². The molecule has 0 atom stereocenters. The quantitative estimate of drug-likeness (QED) is 0.747. The molecule has 0 saturated carbocycles. The molecule has 0 bridgehead atoms. The fraction of sp³-hybridized carbons (Fsp3) is 0.125. The van der Waals surface area contributed by atoms with Crippen LogP contribution < -0.4 is 4.90 Å². The van der Waals surface area contributed by atoms with Gasteiger partial charge in [0.05, 0.1) is 6.54 Å². The first-order valence-corrected chi connectivity index (χ1v) is 6.15. The van der Waals surface area contributed by atoms with Crippen molar-refractivity contribution in [3.05, 3.63) is 65.2 Å². The molecule has 0 aliphatic carbocycles. The summed E-state index contributed by atoms with van der Waals surface area (Å²) < 4.78 is 0. The first kappa shape index (κ1) is 12.5. The van der Waals surface area contributed by atoms with Crippen LogP contribution in [-0.4, -0.2) is 6.54 Å². The molecule has 2 aromatic carbocycles. The molecule has 2 heteroatoms. The Bertz CT molecular complexity index is 525. The number of para-hydroxylation sites is 1. The van der Waals surface area contributed by atoms with Crippen molar-refractivity contribution in [1.82, 2.24) is 0 Å². The number of anilines is 1. The molecule has 0 saturated heterocycles. The molecular weight excluding hydrogens is 242 g/mol. The summed E-state index contributed by atoms with van der Waals surface area (Å²) in [5.74, 6) is 2.70. The van der Waals surface area contributed by atoms with E-state index in [9.17, 15) is 0 Å². The lowest BCUT2D eigenvalue weighted by Crippen LogP contribution is -2.22. The monoisotopic (exact) mass is 255 g/mol. The second kappa shape index (κ2) is 6.14. The Kier molecular flexibility index (Phi) is 4.28. The normalized spacial score (nSPS) is 9.78. The number of nitrogens with zero attached hydrogens (tertiary/aromatic N) is 1. The number of hydrogen-bond acceptors (Lipinski definition) is 1. The maximum Gasteiger partial charge on any atom is 0.0795 e. The van der Waals surface area contributed by atoms with E-state index >= 15 is 0 Å². The van der Waals surface area contributed by atoms with Gasteiger partial charge < -0.3 is 4.90 Å². The van der Waals surface area contributed by atoms with Crippen molar-refractivity contribution in [3.63, 3.8) is 0 Å². The highest BCUT2D eigenvalue weighted by Crippen LogP contribution is 2.17. The molecule has 0 radical (unpaired) electrons. The van der Waals surface area contributed by atoms with Crippen LogP contribution in [-0.2, 0) is 6.54 Å². The molecule has 90 valence electrons. The zero-order valence-electron chi connectivity index (χ0n) is 10.0. The Hall–Kier alpha value is -1.91. The van der Waals surface area contributed by atoms with Crippen LogP contribution in [0.15, 0.2) is 54.6 Å². The first-order valence-electron chi connectivity index (χ1n) is 5.77. The molecule has 2 aromatic rings. The molecule has 0 aliphatic rings. The molecule has 0 fully saturated rings. The largest absolute Gasteiger partial charge is 0.356 e. The molecule has 0 aliphatic heterocycles. The summed E-state index contributed by atoms with van der Waals surface area (Å²) in [6.07, 6.45) is 5.43. The summed E-state index contributed by atoms with van der Waals surface area (Å²) >= 11 is 5.88. The van der Waals surface area contributed by atoms with Gasteiger partial charge >= 0.3 is 0 Å². The van der Waals surface area contributed by atoms with Crippen LogP contribution in [0.5, 0.6) is 0 Å². The third kappa shape index (κ3) is 3.29. The van der Waals surface area contributed by atoms with Crippen LogP contribution in [0.4, 0.5) is 5.69 Å². The number of rotatable bonds is 4. The predicted molar refractivity (Wildman–Crippen MR) is 77.8 cm³/mol. The van der Waals surface area contributed by atoms with Crippen LogP contribution in [0.2, 0.25) is 5.02 Å². The van der Waals surface area contributed by atoms with Crippen LogP contribution in [0.25, 0.3) is 0 Å². The maximum atomic E-state index is 5.88. The van der Waals surface area contributed by atoms with E-state index in [0.717, 1.165) is 17.3 Å². The van der Waals surface area contributed by atoms with Gasteiger partial charge in [-0.05, 0) is 29.8 Å². The zero-order valence-corrected chi connectivity index (χ0v) is 10.8. The van der Waals surface area contributed by atoms with E-state index in [0.29, 0.717) is 6.54 Å². The van der Waals surface area contributed by atoms with Crippen LogP contribution in [0.1, 0.15) is 5.56 Å². The SMILES string of the molecule is C#CCN(Cc1ccc(Cl)cc1)c1ccccc1. The molecular formula is C16H14ClN. The number of hydrogen-bond donors (Lipinski definition) is 0. The number of benzene rings is 2. The van der Waals surface area contributed by atoms with E-state index in [2.05, 4.69) is 23.0 Å². The Morgan fingerprint density at radius 3 is 2.28 bits per heavy atom. The average Bonchev–Trinajstić information content (AvgIpc) is 2.42. The van der Waals surface area contributed by atoms with E-state index in [1.807, 2.05) is 42.5 Å². The lowest BCUT2D eigenvalue weighted by Gasteiger charge is -2.22. The highest BCUT2D eigenvalue weighted by atomic mass is 35.5. The first-order chi connectivity index (χ1) is 8.79. The number of halogens is 1. The van der Waals surface area contributed by atoms with Gasteiger partial charge in [-0.2, -0.15) is 0 Å². The van der Waals surface area contributed by atoms with E-state index in [1.165, 1.54) is 5.56 Å². The van der Waals surface area contributed by atoms with Gasteiger partial charge in [0.2, 0.25) is 0 Å². The molecule has 0 unspecified atom stereocenters. The van der Waals surface area contributed by atoms with Crippen molar-refractivity contribution in [2.45, 2.75) is 6.54 Å². The second-order valence-electron chi connectivity index (χ2n) is 4.02. The minimum absolute atomic E-state index is 0.590. The predicted octanol–water partition coefficient (Wildman–Crippen LogP) is 3.98. The Balaban J connectivity index is 2.17. The average molecular weight is 256 g/mol. The minimum atomic E-state index is 0.590. The van der Waals surface area contributed by atoms with Crippen LogP contribution in [0, 0.1) is 12.3 Å². The van der Waals surface area contributed by atoms with E-state index in [-0.39, 0.29) is 0 Å². The lowest BCUT2D eigenvalue weighted by molar-refractivity contribution is 0.878. The maximum absolute atomic E-state index is 5.88. The topological polar surface area (TPSA) is 3.24 Å². The molecule has 0 aromatic heterocycles. The van der Waals surface area contributed by atoms with Gasteiger partial charge in [0.1, 0.15) is 0 Å². The summed E-state index contributed by atoms with van der Waals surface area (Å²) in [5, 5.41) is 0.752. The molecule has 0 spiro atoms. The molecule has 0 amide bonds. The highest BCUT2D eigenvalue weighted by Gasteiger charge is 2.05. The van der Waals surface area contributed by atoms with Crippen LogP contribution in [0.3, 0.4) is 0 Å². The fourth-order valence-electron chi connectivity index (χ4n) is 1.80. The zero-order chi connectivity index (χ0) is 12.8. The van der Waals surface area contributed by atoms with E-state index in [1.54, 1.807) is 0 Å². The van der Waals surface area contributed by atoms with Crippen molar-refractivity contribution in [2.24, 2.45) is 0 Å². The summed E-state index contributed by atoms with van der Waals surface area (Å²) in [4.78, 5) is 2.16. The fourth-order valence-corrected chi connectivity index (χ4v) is 1.92. The summed E-state index contributed by atoms with van der Waals surface area (Å²) in [7, 11) is 0. The van der Waals surface area contributed by atoms with Crippen molar-refractivity contribution in [1.29, 1.82) is 0 Å². The van der Waals surface area contributed by atoms with Gasteiger partial charge in [-0.25, -0.2) is 0 Å². The van der Waals surface area contributed by atoms with E-state index in [4.69, 9.17) is 18.0 Å². The van der Waals surface area contributed by atoms with E-state index < -0.39 is 0 Å². The third-order valence-corrected chi connectivity index (χ3v) is 2.94. The molecule has 1 nitrogen and oxygen atoms in total. The lowest BCUT2D eigenvalue weighted by atomic mass is 10.2. The van der Waals surface area contributed by atoms with Gasteiger partial charge in [0.15, 0.2) is 0 Å². The number of terminal acetylenes is 1. The molecule has 2 rings (SSSR count). The summed E-state index contributed by atoms with van der Waals surface area (Å²) in [6.45, 7) is 1.37. The Labute approximate surface area is 113 Å². The molecule has 0 N–H and O–H groups in total. The third-order valence-electron chi connectivity index (χ3n) is 2.69. The minimum Gasteiger partial charge on any atom is -0.356 e. The Morgan fingerprint density at radius 1 is 1.00 bits per heavy atom. The highest BCUT2D eigenvalue weighted by molar-refractivity contribution is 6.30. The smallest absolute Gasteiger partial charge is 0.0795 e. The van der Waals surface area contributed by atoms with Crippen LogP contribution >= 0.6 is 11.6 Å². The molecule has 0 heterocycles. The molecule has 18 heavy (non-hydrogen) atoms. The van der Waals surface area contributed by atoms with Gasteiger partial charge in [0.25, 0.3) is 0 Å². The second-order valence-corrected chi connectivity index (χ2v) is 4.46. The van der Waals surface area contributed by atoms with Gasteiger partial charge in [-0.3, -0.25) is 0 Å². The van der Waals surface area contributed by atoms with Crippen molar-refractivity contribution in [2.75, 3.05) is 11.4 Å². The Morgan fingerprint density at radius 2 is 1.67 bits per heavy atom. The standard InChI is InChI=1S/C16H14ClN/c1-2-12-18(16-6-4-3-5-7-16)13-14-8-10-15(17)11-9-14/h1,3-11H,12-13H2.